The van der Waals surface area contributed by atoms with Crippen molar-refractivity contribution < 1.29 is 0 Å². The van der Waals surface area contributed by atoms with Gasteiger partial charge in [-0.25, -0.2) is 9.67 Å². The third-order valence-corrected chi connectivity index (χ3v) is 3.70. The van der Waals surface area contributed by atoms with E-state index in [4.69, 9.17) is 0 Å². The maximum absolute atomic E-state index is 4.50. The Kier molecular flexibility index (Phi) is 3.47. The minimum Gasteiger partial charge on any atom is -0.370 e. The van der Waals surface area contributed by atoms with E-state index in [9.17, 15) is 0 Å². The number of hydrogen-bond acceptors (Lipinski definition) is 3. The van der Waals surface area contributed by atoms with Crippen molar-refractivity contribution in [1.82, 2.24) is 14.8 Å². The Hall–Kier alpha value is -1.36. The fraction of sp³-hybridized carbons (Fsp3) is 0.333. The maximum atomic E-state index is 4.50. The molecule has 0 amide bonds. The van der Waals surface area contributed by atoms with Crippen LogP contribution in [0.1, 0.15) is 18.3 Å². The number of aromatic nitrogens is 3. The summed E-state index contributed by atoms with van der Waals surface area (Å²) in [7, 11) is 0. The summed E-state index contributed by atoms with van der Waals surface area (Å²) in [5.41, 5.74) is 3.10. The number of hydrogen-bond donors (Lipinski definition) is 1. The van der Waals surface area contributed by atoms with Crippen molar-refractivity contribution in [3.8, 4) is 5.69 Å². The first-order valence-corrected chi connectivity index (χ1v) is 6.34. The zero-order valence-electron chi connectivity index (χ0n) is 10.2. The molecule has 0 aliphatic rings. The molecule has 0 atom stereocenters. The summed E-state index contributed by atoms with van der Waals surface area (Å²) in [5, 5.41) is 7.69. The molecule has 0 bridgehead atoms. The molecule has 0 fully saturated rings. The molecule has 2 aromatic heterocycles. The molecule has 0 radical (unpaired) electrons. The second-order valence-electron chi connectivity index (χ2n) is 3.83. The topological polar surface area (TPSA) is 42.7 Å². The number of nitrogens with one attached hydrogen (secondary N) is 1. The van der Waals surface area contributed by atoms with Crippen LogP contribution in [0.4, 0.5) is 5.82 Å². The molecule has 5 heteroatoms. The number of anilines is 1. The molecule has 0 aromatic carbocycles. The summed E-state index contributed by atoms with van der Waals surface area (Å²) in [6.45, 7) is 6.93. The van der Waals surface area contributed by atoms with Crippen molar-refractivity contribution >= 4 is 21.7 Å². The first kappa shape index (κ1) is 12.1. The molecule has 90 valence electrons. The van der Waals surface area contributed by atoms with Crippen LogP contribution >= 0.6 is 15.9 Å². The van der Waals surface area contributed by atoms with Crippen LogP contribution in [0.2, 0.25) is 0 Å². The van der Waals surface area contributed by atoms with E-state index in [0.29, 0.717) is 0 Å². The summed E-state index contributed by atoms with van der Waals surface area (Å²) in [6.07, 6.45) is 1.79. The van der Waals surface area contributed by atoms with E-state index in [0.717, 1.165) is 33.9 Å². The fourth-order valence-corrected chi connectivity index (χ4v) is 1.95. The molecule has 0 unspecified atom stereocenters. The first-order chi connectivity index (χ1) is 8.13. The van der Waals surface area contributed by atoms with Gasteiger partial charge in [-0.2, -0.15) is 5.10 Å². The van der Waals surface area contributed by atoms with Crippen LogP contribution in [0.3, 0.4) is 0 Å². The van der Waals surface area contributed by atoms with Crippen LogP contribution in [-0.4, -0.2) is 21.3 Å². The minimum absolute atomic E-state index is 0.858. The third kappa shape index (κ3) is 2.34. The second kappa shape index (κ2) is 4.87. The van der Waals surface area contributed by atoms with Crippen molar-refractivity contribution in [3.05, 3.63) is 34.2 Å². The van der Waals surface area contributed by atoms with Crippen LogP contribution in [0.25, 0.3) is 5.69 Å². The molecular weight excluding hydrogens is 280 g/mol. The molecule has 2 rings (SSSR count). The average molecular weight is 295 g/mol. The van der Waals surface area contributed by atoms with Gasteiger partial charge in [0.25, 0.3) is 0 Å². The summed E-state index contributed by atoms with van der Waals surface area (Å²) in [6, 6.07) is 3.95. The Balaban J connectivity index is 2.45. The van der Waals surface area contributed by atoms with Crippen LogP contribution < -0.4 is 5.32 Å². The molecule has 2 heterocycles. The van der Waals surface area contributed by atoms with Crippen molar-refractivity contribution in [2.75, 3.05) is 11.9 Å². The van der Waals surface area contributed by atoms with Gasteiger partial charge in [0, 0.05) is 18.8 Å². The van der Waals surface area contributed by atoms with Gasteiger partial charge in [-0.3, -0.25) is 0 Å². The van der Waals surface area contributed by atoms with Gasteiger partial charge in [-0.15, -0.1) is 0 Å². The molecular formula is C12H15BrN4. The molecule has 2 aromatic rings. The zero-order valence-corrected chi connectivity index (χ0v) is 11.7. The van der Waals surface area contributed by atoms with Crippen LogP contribution in [0.5, 0.6) is 0 Å². The van der Waals surface area contributed by atoms with Crippen molar-refractivity contribution in [2.24, 2.45) is 0 Å². The summed E-state index contributed by atoms with van der Waals surface area (Å²) in [4.78, 5) is 4.25. The summed E-state index contributed by atoms with van der Waals surface area (Å²) < 4.78 is 2.97. The van der Waals surface area contributed by atoms with Gasteiger partial charge >= 0.3 is 0 Å². The van der Waals surface area contributed by atoms with Gasteiger partial charge in [0.2, 0.25) is 0 Å². The highest BCUT2D eigenvalue weighted by Gasteiger charge is 2.10. The van der Waals surface area contributed by atoms with Gasteiger partial charge in [0.05, 0.1) is 21.5 Å². The Bertz CT molecular complexity index is 533. The Morgan fingerprint density at radius 1 is 1.41 bits per heavy atom. The van der Waals surface area contributed by atoms with E-state index < -0.39 is 0 Å². The van der Waals surface area contributed by atoms with E-state index >= 15 is 0 Å². The van der Waals surface area contributed by atoms with Crippen LogP contribution in [0.15, 0.2) is 22.8 Å². The van der Waals surface area contributed by atoms with Crippen LogP contribution in [-0.2, 0) is 0 Å². The average Bonchev–Trinajstić information content (AvgIpc) is 2.58. The quantitative estimate of drug-likeness (QED) is 0.946. The lowest BCUT2D eigenvalue weighted by Gasteiger charge is -2.07. The van der Waals surface area contributed by atoms with Crippen molar-refractivity contribution in [1.29, 1.82) is 0 Å². The number of rotatable bonds is 3. The van der Waals surface area contributed by atoms with Gasteiger partial charge < -0.3 is 5.32 Å². The predicted octanol–water partition coefficient (Wildman–Crippen LogP) is 3.08. The van der Waals surface area contributed by atoms with Gasteiger partial charge in [0.15, 0.2) is 0 Å². The Morgan fingerprint density at radius 3 is 2.76 bits per heavy atom. The fourth-order valence-electron chi connectivity index (χ4n) is 1.70. The lowest BCUT2D eigenvalue weighted by molar-refractivity contribution is 0.831. The van der Waals surface area contributed by atoms with E-state index in [2.05, 4.69) is 31.3 Å². The van der Waals surface area contributed by atoms with Crippen LogP contribution in [0, 0.1) is 13.8 Å². The number of aryl methyl sites for hydroxylation is 1. The SMILES string of the molecule is CCNc1cc(-n2nc(C)c(Br)c2C)ccn1. The summed E-state index contributed by atoms with van der Waals surface area (Å²) in [5.74, 6) is 0.869. The Morgan fingerprint density at radius 2 is 2.18 bits per heavy atom. The predicted molar refractivity (Wildman–Crippen MR) is 72.7 cm³/mol. The molecule has 0 saturated heterocycles. The second-order valence-corrected chi connectivity index (χ2v) is 4.62. The largest absolute Gasteiger partial charge is 0.370 e. The smallest absolute Gasteiger partial charge is 0.128 e. The van der Waals surface area contributed by atoms with Gasteiger partial charge in [-0.1, -0.05) is 0 Å². The Labute approximate surface area is 109 Å². The van der Waals surface area contributed by atoms with Crippen molar-refractivity contribution in [2.45, 2.75) is 20.8 Å². The zero-order chi connectivity index (χ0) is 12.4. The molecule has 17 heavy (non-hydrogen) atoms. The first-order valence-electron chi connectivity index (χ1n) is 5.55. The monoisotopic (exact) mass is 294 g/mol. The third-order valence-electron chi connectivity index (χ3n) is 2.55. The van der Waals surface area contributed by atoms with E-state index in [-0.39, 0.29) is 0 Å². The lowest BCUT2D eigenvalue weighted by atomic mass is 10.3. The molecule has 1 N–H and O–H groups in total. The van der Waals surface area contributed by atoms with Gasteiger partial charge in [0.1, 0.15) is 5.82 Å². The molecule has 4 nitrogen and oxygen atoms in total. The van der Waals surface area contributed by atoms with Crippen molar-refractivity contribution in [3.63, 3.8) is 0 Å². The molecule has 0 aliphatic carbocycles. The maximum Gasteiger partial charge on any atom is 0.128 e. The van der Waals surface area contributed by atoms with E-state index in [1.54, 1.807) is 6.20 Å². The molecule has 0 saturated carbocycles. The minimum atomic E-state index is 0.858. The normalized spacial score (nSPS) is 10.6. The van der Waals surface area contributed by atoms with Gasteiger partial charge in [-0.05, 0) is 42.8 Å². The molecule has 0 aliphatic heterocycles. The highest BCUT2D eigenvalue weighted by Crippen LogP contribution is 2.23. The van der Waals surface area contributed by atoms with E-state index in [1.165, 1.54) is 0 Å². The number of nitrogens with zero attached hydrogens (tertiary/aromatic N) is 3. The number of pyridine rings is 1. The molecule has 0 spiro atoms. The highest BCUT2D eigenvalue weighted by molar-refractivity contribution is 9.10. The van der Waals surface area contributed by atoms with E-state index in [1.807, 2.05) is 37.6 Å². The standard InChI is InChI=1S/C12H15BrN4/c1-4-14-11-7-10(5-6-15-11)17-9(3)12(13)8(2)16-17/h5-7H,4H2,1-3H3,(H,14,15). The number of halogens is 1. The lowest BCUT2D eigenvalue weighted by Crippen LogP contribution is -2.03. The highest BCUT2D eigenvalue weighted by atomic mass is 79.9. The summed E-state index contributed by atoms with van der Waals surface area (Å²) >= 11 is 3.53.